The lowest BCUT2D eigenvalue weighted by Gasteiger charge is -2.14. The highest BCUT2D eigenvalue weighted by molar-refractivity contribution is 7.91. The molecule has 1 aromatic carbocycles. The minimum Gasteiger partial charge on any atom is -0.452 e. The first-order valence-corrected chi connectivity index (χ1v) is 10.2. The molecule has 0 spiro atoms. The summed E-state index contributed by atoms with van der Waals surface area (Å²) in [5, 5.41) is 4.30. The van der Waals surface area contributed by atoms with Gasteiger partial charge in [0, 0.05) is 12.2 Å². The summed E-state index contributed by atoms with van der Waals surface area (Å²) in [5.74, 6) is -1.12. The van der Waals surface area contributed by atoms with Gasteiger partial charge in [-0.1, -0.05) is 23.8 Å². The molecule has 1 atom stereocenters. The SMILES string of the molecule is Cc1ccc(NC(=O)[C@@H](C)OC(=O)CCNS(=O)(=O)c2cccs2)cc1. The molecule has 0 unspecified atom stereocenters. The van der Waals surface area contributed by atoms with Crippen molar-refractivity contribution in [2.45, 2.75) is 30.6 Å². The van der Waals surface area contributed by atoms with E-state index in [1.165, 1.54) is 13.0 Å². The third-order valence-electron chi connectivity index (χ3n) is 3.38. The summed E-state index contributed by atoms with van der Waals surface area (Å²) in [6.45, 7) is 3.28. The number of carbonyl (C=O) groups is 2. The molecule has 2 N–H and O–H groups in total. The largest absolute Gasteiger partial charge is 0.452 e. The fourth-order valence-corrected chi connectivity index (χ4v) is 4.03. The number of ether oxygens (including phenoxy) is 1. The zero-order chi connectivity index (χ0) is 19.2. The third-order valence-corrected chi connectivity index (χ3v) is 6.24. The Balaban J connectivity index is 1.76. The fraction of sp³-hybridized carbons (Fsp3) is 0.294. The quantitative estimate of drug-likeness (QED) is 0.667. The van der Waals surface area contributed by atoms with Crippen LogP contribution in [0, 0.1) is 6.92 Å². The molecule has 0 aliphatic carbocycles. The number of amides is 1. The number of carbonyl (C=O) groups excluding carboxylic acids is 2. The van der Waals surface area contributed by atoms with Crippen LogP contribution in [0.25, 0.3) is 0 Å². The number of benzene rings is 1. The van der Waals surface area contributed by atoms with Crippen LogP contribution in [0.15, 0.2) is 46.0 Å². The number of hydrogen-bond donors (Lipinski definition) is 2. The minimum absolute atomic E-state index is 0.106. The molecule has 9 heteroatoms. The van der Waals surface area contributed by atoms with Crippen LogP contribution in [0.3, 0.4) is 0 Å². The van der Waals surface area contributed by atoms with Crippen molar-refractivity contribution >= 4 is 38.9 Å². The van der Waals surface area contributed by atoms with Crippen LogP contribution in [0.5, 0.6) is 0 Å². The predicted octanol–water partition coefficient (Wildman–Crippen LogP) is 2.30. The third kappa shape index (κ3) is 5.94. The molecule has 1 heterocycles. The van der Waals surface area contributed by atoms with E-state index < -0.39 is 28.0 Å². The van der Waals surface area contributed by atoms with Crippen LogP contribution in [0.2, 0.25) is 0 Å². The second-order valence-electron chi connectivity index (χ2n) is 5.57. The molecule has 0 saturated heterocycles. The Morgan fingerprint density at radius 1 is 1.19 bits per heavy atom. The van der Waals surface area contributed by atoms with Gasteiger partial charge in [-0.25, -0.2) is 13.1 Å². The fourth-order valence-electron chi connectivity index (χ4n) is 1.97. The summed E-state index contributed by atoms with van der Waals surface area (Å²) in [4.78, 5) is 23.8. The monoisotopic (exact) mass is 396 g/mol. The molecule has 2 aromatic rings. The van der Waals surface area contributed by atoms with Crippen molar-refractivity contribution in [2.75, 3.05) is 11.9 Å². The minimum atomic E-state index is -3.62. The van der Waals surface area contributed by atoms with E-state index in [0.717, 1.165) is 16.9 Å². The number of sulfonamides is 1. The second kappa shape index (κ2) is 8.93. The Kier molecular flexibility index (Phi) is 6.90. The van der Waals surface area contributed by atoms with Gasteiger partial charge in [-0.05, 0) is 37.4 Å². The number of hydrogen-bond acceptors (Lipinski definition) is 6. The number of rotatable bonds is 8. The van der Waals surface area contributed by atoms with Gasteiger partial charge in [0.2, 0.25) is 10.0 Å². The second-order valence-corrected chi connectivity index (χ2v) is 8.51. The summed E-state index contributed by atoms with van der Waals surface area (Å²) in [6.07, 6.45) is -1.16. The molecular weight excluding hydrogens is 376 g/mol. The summed E-state index contributed by atoms with van der Waals surface area (Å²) < 4.78 is 31.4. The van der Waals surface area contributed by atoms with Gasteiger partial charge in [-0.15, -0.1) is 11.3 Å². The van der Waals surface area contributed by atoms with Gasteiger partial charge in [0.15, 0.2) is 6.10 Å². The molecule has 7 nitrogen and oxygen atoms in total. The van der Waals surface area contributed by atoms with Gasteiger partial charge in [0.05, 0.1) is 6.42 Å². The normalized spacial score (nSPS) is 12.4. The summed E-state index contributed by atoms with van der Waals surface area (Å²) in [5.41, 5.74) is 1.67. The van der Waals surface area contributed by atoms with Crippen molar-refractivity contribution in [3.05, 3.63) is 47.3 Å². The summed E-state index contributed by atoms with van der Waals surface area (Å²) in [6, 6.07) is 10.3. The van der Waals surface area contributed by atoms with Crippen molar-refractivity contribution in [3.8, 4) is 0 Å². The van der Waals surface area contributed by atoms with E-state index in [4.69, 9.17) is 4.74 Å². The van der Waals surface area contributed by atoms with Crippen LogP contribution in [0.1, 0.15) is 18.9 Å². The van der Waals surface area contributed by atoms with Crippen molar-refractivity contribution < 1.29 is 22.7 Å². The molecule has 0 aliphatic rings. The molecule has 0 saturated carbocycles. The maximum Gasteiger partial charge on any atom is 0.307 e. The van der Waals surface area contributed by atoms with E-state index in [1.807, 2.05) is 19.1 Å². The molecule has 140 valence electrons. The average molecular weight is 396 g/mol. The van der Waals surface area contributed by atoms with Gasteiger partial charge < -0.3 is 10.1 Å². The molecule has 2 rings (SSSR count). The summed E-state index contributed by atoms with van der Waals surface area (Å²) in [7, 11) is -3.62. The van der Waals surface area contributed by atoms with Crippen molar-refractivity contribution in [1.82, 2.24) is 4.72 Å². The lowest BCUT2D eigenvalue weighted by molar-refractivity contribution is -0.152. The van der Waals surface area contributed by atoms with Crippen molar-refractivity contribution in [2.24, 2.45) is 0 Å². The van der Waals surface area contributed by atoms with Gasteiger partial charge >= 0.3 is 5.97 Å². The Labute approximate surface area is 156 Å². The Morgan fingerprint density at radius 2 is 1.88 bits per heavy atom. The maximum absolute atomic E-state index is 12.0. The molecule has 26 heavy (non-hydrogen) atoms. The molecule has 1 aromatic heterocycles. The van der Waals surface area contributed by atoms with Gasteiger partial charge in [-0.2, -0.15) is 0 Å². The van der Waals surface area contributed by atoms with Crippen LogP contribution < -0.4 is 10.0 Å². The van der Waals surface area contributed by atoms with E-state index in [2.05, 4.69) is 10.0 Å². The number of esters is 1. The Morgan fingerprint density at radius 3 is 2.50 bits per heavy atom. The molecule has 1 amide bonds. The summed E-state index contributed by atoms with van der Waals surface area (Å²) >= 11 is 1.09. The Hall–Kier alpha value is -2.23. The smallest absolute Gasteiger partial charge is 0.307 e. The van der Waals surface area contributed by atoms with Crippen LogP contribution in [-0.4, -0.2) is 32.9 Å². The van der Waals surface area contributed by atoms with Crippen LogP contribution in [0.4, 0.5) is 5.69 Å². The van der Waals surface area contributed by atoms with E-state index in [1.54, 1.807) is 23.6 Å². The van der Waals surface area contributed by atoms with Crippen LogP contribution >= 0.6 is 11.3 Å². The number of nitrogens with one attached hydrogen (secondary N) is 2. The predicted molar refractivity (Wildman–Crippen MR) is 99.5 cm³/mol. The first-order chi connectivity index (χ1) is 12.3. The van der Waals surface area contributed by atoms with Crippen LogP contribution in [-0.2, 0) is 24.3 Å². The van der Waals surface area contributed by atoms with E-state index in [-0.39, 0.29) is 17.2 Å². The standard InChI is InChI=1S/C17H20N2O5S2/c1-12-5-7-14(8-6-12)19-17(21)13(2)24-15(20)9-10-18-26(22,23)16-4-3-11-25-16/h3-8,11,13,18H,9-10H2,1-2H3,(H,19,21)/t13-/m1/s1. The first-order valence-electron chi connectivity index (χ1n) is 7.88. The van der Waals surface area contributed by atoms with E-state index >= 15 is 0 Å². The van der Waals surface area contributed by atoms with E-state index in [0.29, 0.717) is 5.69 Å². The average Bonchev–Trinajstić information content (AvgIpc) is 3.12. The first kappa shape index (κ1) is 20.1. The molecule has 0 aliphatic heterocycles. The number of thiophene rings is 1. The van der Waals surface area contributed by atoms with Crippen molar-refractivity contribution in [1.29, 1.82) is 0 Å². The zero-order valence-electron chi connectivity index (χ0n) is 14.4. The number of aryl methyl sites for hydroxylation is 1. The molecule has 0 fully saturated rings. The highest BCUT2D eigenvalue weighted by Gasteiger charge is 2.19. The zero-order valence-corrected chi connectivity index (χ0v) is 16.0. The molecule has 0 radical (unpaired) electrons. The number of anilines is 1. The lowest BCUT2D eigenvalue weighted by Crippen LogP contribution is -2.31. The Bertz CT molecular complexity index is 846. The highest BCUT2D eigenvalue weighted by atomic mass is 32.2. The van der Waals surface area contributed by atoms with E-state index in [9.17, 15) is 18.0 Å². The lowest BCUT2D eigenvalue weighted by atomic mass is 10.2. The van der Waals surface area contributed by atoms with Gasteiger partial charge in [-0.3, -0.25) is 9.59 Å². The highest BCUT2D eigenvalue weighted by Crippen LogP contribution is 2.15. The van der Waals surface area contributed by atoms with Gasteiger partial charge in [0.1, 0.15) is 4.21 Å². The molecular formula is C17H20N2O5S2. The molecule has 0 bridgehead atoms. The van der Waals surface area contributed by atoms with Gasteiger partial charge in [0.25, 0.3) is 5.91 Å². The maximum atomic E-state index is 12.0. The van der Waals surface area contributed by atoms with Crippen molar-refractivity contribution in [3.63, 3.8) is 0 Å². The topological polar surface area (TPSA) is 102 Å².